The van der Waals surface area contributed by atoms with Crippen LogP contribution in [-0.4, -0.2) is 43.4 Å². The number of amides is 1. The molecule has 6 heteroatoms. The average molecular weight is 319 g/mol. The van der Waals surface area contributed by atoms with Crippen molar-refractivity contribution in [3.05, 3.63) is 33.9 Å². The Morgan fingerprint density at radius 3 is 2.43 bits per heavy atom. The van der Waals surface area contributed by atoms with Gasteiger partial charge in [0.15, 0.2) is 0 Å². The van der Waals surface area contributed by atoms with Gasteiger partial charge in [0.2, 0.25) is 0 Å². The molecule has 0 heterocycles. The lowest BCUT2D eigenvalue weighted by molar-refractivity contribution is -0.384. The average Bonchev–Trinajstić information content (AvgIpc) is 2.54. The van der Waals surface area contributed by atoms with Gasteiger partial charge in [-0.05, 0) is 30.9 Å². The molecule has 1 aromatic rings. The van der Waals surface area contributed by atoms with Crippen LogP contribution < -0.4 is 4.90 Å². The molecule has 0 saturated heterocycles. The summed E-state index contributed by atoms with van der Waals surface area (Å²) in [7, 11) is 5.28. The van der Waals surface area contributed by atoms with Gasteiger partial charge in [-0.2, -0.15) is 0 Å². The van der Waals surface area contributed by atoms with Gasteiger partial charge in [-0.1, -0.05) is 19.3 Å². The standard InChI is InChI=1S/C17H25N3O3/c1-18(2)15-10-9-14(11-16(15)20(22)23)17(21)19(3)12-13-7-5-4-6-8-13/h9-11,13H,4-8,12H2,1-3H3. The van der Waals surface area contributed by atoms with Crippen LogP contribution in [0.2, 0.25) is 0 Å². The third-order valence-electron chi connectivity index (χ3n) is 4.50. The normalized spacial score (nSPS) is 15.3. The van der Waals surface area contributed by atoms with Crippen LogP contribution in [0.15, 0.2) is 18.2 Å². The van der Waals surface area contributed by atoms with Gasteiger partial charge in [0.25, 0.3) is 11.6 Å². The van der Waals surface area contributed by atoms with Crippen molar-refractivity contribution in [1.29, 1.82) is 0 Å². The van der Waals surface area contributed by atoms with Crippen LogP contribution in [0.5, 0.6) is 0 Å². The summed E-state index contributed by atoms with van der Waals surface area (Å²) in [6.45, 7) is 0.724. The second-order valence-corrected chi connectivity index (χ2v) is 6.54. The minimum atomic E-state index is -0.437. The van der Waals surface area contributed by atoms with Gasteiger partial charge in [0, 0.05) is 39.3 Å². The highest BCUT2D eigenvalue weighted by atomic mass is 16.6. The monoisotopic (exact) mass is 319 g/mol. The topological polar surface area (TPSA) is 66.7 Å². The van der Waals surface area contributed by atoms with Crippen LogP contribution in [0.1, 0.15) is 42.5 Å². The predicted octanol–water partition coefficient (Wildman–Crippen LogP) is 3.31. The lowest BCUT2D eigenvalue weighted by Gasteiger charge is -2.27. The highest BCUT2D eigenvalue weighted by Crippen LogP contribution is 2.29. The molecule has 6 nitrogen and oxygen atoms in total. The van der Waals surface area contributed by atoms with Crippen molar-refractivity contribution in [3.63, 3.8) is 0 Å². The molecule has 0 aliphatic heterocycles. The number of nitro benzene ring substituents is 1. The minimum Gasteiger partial charge on any atom is -0.372 e. The van der Waals surface area contributed by atoms with Crippen LogP contribution in [0, 0.1) is 16.0 Å². The number of nitrogens with zero attached hydrogens (tertiary/aromatic N) is 3. The number of rotatable bonds is 5. The van der Waals surface area contributed by atoms with E-state index in [1.807, 2.05) is 0 Å². The molecule has 1 fully saturated rings. The Morgan fingerprint density at radius 2 is 1.87 bits per heavy atom. The van der Waals surface area contributed by atoms with E-state index in [1.165, 1.54) is 25.3 Å². The van der Waals surface area contributed by atoms with Crippen LogP contribution in [0.25, 0.3) is 0 Å². The summed E-state index contributed by atoms with van der Waals surface area (Å²) in [4.78, 5) is 26.7. The minimum absolute atomic E-state index is 0.0353. The lowest BCUT2D eigenvalue weighted by Crippen LogP contribution is -2.32. The number of benzene rings is 1. The highest BCUT2D eigenvalue weighted by Gasteiger charge is 2.22. The number of hydrogen-bond acceptors (Lipinski definition) is 4. The van der Waals surface area contributed by atoms with Crippen molar-refractivity contribution in [2.24, 2.45) is 5.92 Å². The first kappa shape index (κ1) is 17.2. The summed E-state index contributed by atoms with van der Waals surface area (Å²) in [5, 5.41) is 11.2. The Kier molecular flexibility index (Phi) is 5.58. The van der Waals surface area contributed by atoms with E-state index in [0.29, 0.717) is 17.2 Å². The zero-order valence-corrected chi connectivity index (χ0v) is 14.1. The fourth-order valence-electron chi connectivity index (χ4n) is 3.24. The van der Waals surface area contributed by atoms with Crippen molar-refractivity contribution in [2.45, 2.75) is 32.1 Å². The van der Waals surface area contributed by atoms with E-state index in [4.69, 9.17) is 0 Å². The van der Waals surface area contributed by atoms with Crippen LogP contribution in [-0.2, 0) is 0 Å². The Balaban J connectivity index is 2.14. The van der Waals surface area contributed by atoms with Gasteiger partial charge in [0.05, 0.1) is 4.92 Å². The predicted molar refractivity (Wildman–Crippen MR) is 91.0 cm³/mol. The number of carbonyl (C=O) groups excluding carboxylic acids is 1. The number of carbonyl (C=O) groups is 1. The summed E-state index contributed by atoms with van der Waals surface area (Å²) in [6, 6.07) is 4.69. The lowest BCUT2D eigenvalue weighted by atomic mass is 9.89. The van der Waals surface area contributed by atoms with E-state index in [2.05, 4.69) is 0 Å². The Labute approximate surface area is 137 Å². The molecule has 0 unspecified atom stereocenters. The highest BCUT2D eigenvalue weighted by molar-refractivity contribution is 5.95. The first-order valence-electron chi connectivity index (χ1n) is 8.11. The summed E-state index contributed by atoms with van der Waals surface area (Å²) in [5.41, 5.74) is 0.842. The maximum absolute atomic E-state index is 12.6. The molecule has 1 aliphatic rings. The second-order valence-electron chi connectivity index (χ2n) is 6.54. The van der Waals surface area contributed by atoms with Gasteiger partial charge in [-0.3, -0.25) is 14.9 Å². The molecule has 0 atom stereocenters. The molecule has 1 saturated carbocycles. The molecular formula is C17H25N3O3. The van der Waals surface area contributed by atoms with Crippen molar-refractivity contribution in [3.8, 4) is 0 Å². The molecule has 0 aromatic heterocycles. The summed E-state index contributed by atoms with van der Waals surface area (Å²) in [6.07, 6.45) is 6.08. The molecule has 126 valence electrons. The molecule has 0 spiro atoms. The molecule has 1 aromatic carbocycles. The van der Waals surface area contributed by atoms with Gasteiger partial charge < -0.3 is 9.80 Å². The van der Waals surface area contributed by atoms with Crippen molar-refractivity contribution >= 4 is 17.3 Å². The van der Waals surface area contributed by atoms with Gasteiger partial charge >= 0.3 is 0 Å². The molecule has 2 rings (SSSR count). The summed E-state index contributed by atoms with van der Waals surface area (Å²) in [5.74, 6) is 0.401. The van der Waals surface area contributed by atoms with Gasteiger partial charge in [0.1, 0.15) is 5.69 Å². The van der Waals surface area contributed by atoms with E-state index in [1.54, 1.807) is 43.1 Å². The fourth-order valence-corrected chi connectivity index (χ4v) is 3.24. The zero-order chi connectivity index (χ0) is 17.0. The zero-order valence-electron chi connectivity index (χ0n) is 14.1. The van der Waals surface area contributed by atoms with E-state index in [-0.39, 0.29) is 11.6 Å². The van der Waals surface area contributed by atoms with Crippen molar-refractivity contribution < 1.29 is 9.72 Å². The molecule has 1 aliphatic carbocycles. The third-order valence-corrected chi connectivity index (χ3v) is 4.50. The van der Waals surface area contributed by atoms with Crippen LogP contribution in [0.4, 0.5) is 11.4 Å². The molecule has 0 N–H and O–H groups in total. The third kappa shape index (κ3) is 4.21. The largest absolute Gasteiger partial charge is 0.372 e. The Morgan fingerprint density at radius 1 is 1.22 bits per heavy atom. The van der Waals surface area contributed by atoms with E-state index >= 15 is 0 Å². The first-order chi connectivity index (χ1) is 10.9. The molecule has 0 radical (unpaired) electrons. The molecule has 23 heavy (non-hydrogen) atoms. The maximum atomic E-state index is 12.6. The van der Waals surface area contributed by atoms with Crippen molar-refractivity contribution in [2.75, 3.05) is 32.6 Å². The maximum Gasteiger partial charge on any atom is 0.293 e. The Bertz CT molecular complexity index is 580. The van der Waals surface area contributed by atoms with E-state index < -0.39 is 4.92 Å². The number of nitro groups is 1. The fraction of sp³-hybridized carbons (Fsp3) is 0.588. The summed E-state index contributed by atoms with van der Waals surface area (Å²) >= 11 is 0. The Hall–Kier alpha value is -2.11. The second kappa shape index (κ2) is 7.44. The van der Waals surface area contributed by atoms with Gasteiger partial charge in [-0.25, -0.2) is 0 Å². The molecule has 0 bridgehead atoms. The van der Waals surface area contributed by atoms with Crippen LogP contribution in [0.3, 0.4) is 0 Å². The summed E-state index contributed by atoms with van der Waals surface area (Å²) < 4.78 is 0. The SMILES string of the molecule is CN(CC1CCCCC1)C(=O)c1ccc(N(C)C)c([N+](=O)[O-])c1. The smallest absolute Gasteiger partial charge is 0.293 e. The van der Waals surface area contributed by atoms with Crippen molar-refractivity contribution in [1.82, 2.24) is 4.90 Å². The molecular weight excluding hydrogens is 294 g/mol. The van der Waals surface area contributed by atoms with Gasteiger partial charge in [-0.15, -0.1) is 0 Å². The van der Waals surface area contributed by atoms with E-state index in [0.717, 1.165) is 19.4 Å². The van der Waals surface area contributed by atoms with E-state index in [9.17, 15) is 14.9 Å². The quantitative estimate of drug-likeness (QED) is 0.617. The number of hydrogen-bond donors (Lipinski definition) is 0. The number of anilines is 1. The first-order valence-corrected chi connectivity index (χ1v) is 8.11. The van der Waals surface area contributed by atoms with Crippen LogP contribution >= 0.6 is 0 Å². The molecule has 1 amide bonds.